The molecule has 0 saturated carbocycles. The number of carbonyl (C=O) groups is 1. The summed E-state index contributed by atoms with van der Waals surface area (Å²) >= 11 is 0. The average Bonchev–Trinajstić information content (AvgIpc) is 2.71. The number of rotatable bonds is 11. The molecule has 2 rings (SSSR count). The van der Waals surface area contributed by atoms with E-state index in [4.69, 9.17) is 9.47 Å². The number of ether oxygens (including phenoxy) is 2. The Bertz CT molecular complexity index is 943. The van der Waals surface area contributed by atoms with E-state index in [2.05, 4.69) is 5.32 Å². The molecule has 31 heavy (non-hydrogen) atoms. The van der Waals surface area contributed by atoms with Crippen LogP contribution in [0.1, 0.15) is 32.8 Å². The van der Waals surface area contributed by atoms with Crippen molar-refractivity contribution in [2.45, 2.75) is 46.2 Å². The standard InChI is InChI=1S/C23H32N2O5S/c1-6-22(23(26)24-18(4)16-30-21-12-8-17(3)9-13-21)25(31(5,27)28)19-10-14-20(15-11-19)29-7-2/h8-15,18,22H,6-7,16H2,1-5H3,(H,24,26)/t18-,22-/m0/s1. The second kappa shape index (κ2) is 11.0. The maximum Gasteiger partial charge on any atom is 0.244 e. The smallest absolute Gasteiger partial charge is 0.244 e. The van der Waals surface area contributed by atoms with Gasteiger partial charge in [-0.05, 0) is 63.6 Å². The number of carbonyl (C=O) groups excluding carboxylic acids is 1. The molecule has 0 radical (unpaired) electrons. The molecule has 2 atom stereocenters. The summed E-state index contributed by atoms with van der Waals surface area (Å²) in [6, 6.07) is 13.1. The van der Waals surface area contributed by atoms with Gasteiger partial charge in [-0.25, -0.2) is 8.42 Å². The van der Waals surface area contributed by atoms with E-state index in [1.807, 2.05) is 45.0 Å². The van der Waals surface area contributed by atoms with Crippen LogP contribution in [0.5, 0.6) is 11.5 Å². The Morgan fingerprint density at radius 2 is 1.55 bits per heavy atom. The highest BCUT2D eigenvalue weighted by molar-refractivity contribution is 7.92. The lowest BCUT2D eigenvalue weighted by molar-refractivity contribution is -0.123. The fourth-order valence-electron chi connectivity index (χ4n) is 3.15. The third kappa shape index (κ3) is 7.17. The van der Waals surface area contributed by atoms with Crippen molar-refractivity contribution in [3.8, 4) is 11.5 Å². The van der Waals surface area contributed by atoms with Crippen LogP contribution in [0.15, 0.2) is 48.5 Å². The molecule has 0 spiro atoms. The van der Waals surface area contributed by atoms with Crippen molar-refractivity contribution in [3.63, 3.8) is 0 Å². The van der Waals surface area contributed by atoms with E-state index in [1.54, 1.807) is 31.2 Å². The van der Waals surface area contributed by atoms with Gasteiger partial charge in [0, 0.05) is 0 Å². The van der Waals surface area contributed by atoms with Crippen molar-refractivity contribution in [1.29, 1.82) is 0 Å². The molecule has 0 aliphatic heterocycles. The zero-order chi connectivity index (χ0) is 23.0. The van der Waals surface area contributed by atoms with Gasteiger partial charge in [-0.1, -0.05) is 24.6 Å². The number of nitrogens with zero attached hydrogens (tertiary/aromatic N) is 1. The zero-order valence-electron chi connectivity index (χ0n) is 18.8. The molecule has 0 aliphatic rings. The zero-order valence-corrected chi connectivity index (χ0v) is 19.6. The SMILES string of the molecule is CCOc1ccc(N([C@@H](CC)C(=O)N[C@@H](C)COc2ccc(C)cc2)S(C)(=O)=O)cc1. The molecule has 0 saturated heterocycles. The van der Waals surface area contributed by atoms with Gasteiger partial charge < -0.3 is 14.8 Å². The molecule has 1 amide bonds. The summed E-state index contributed by atoms with van der Waals surface area (Å²) in [5, 5.41) is 2.87. The van der Waals surface area contributed by atoms with Gasteiger partial charge in [0.1, 0.15) is 24.1 Å². The molecular weight excluding hydrogens is 416 g/mol. The summed E-state index contributed by atoms with van der Waals surface area (Å²) in [5.41, 5.74) is 1.55. The second-order valence-corrected chi connectivity index (χ2v) is 9.30. The van der Waals surface area contributed by atoms with E-state index < -0.39 is 16.1 Å². The monoisotopic (exact) mass is 448 g/mol. The van der Waals surface area contributed by atoms with E-state index >= 15 is 0 Å². The minimum absolute atomic E-state index is 0.271. The van der Waals surface area contributed by atoms with Gasteiger partial charge in [-0.3, -0.25) is 9.10 Å². The van der Waals surface area contributed by atoms with Gasteiger partial charge in [0.05, 0.1) is 24.6 Å². The van der Waals surface area contributed by atoms with E-state index in [9.17, 15) is 13.2 Å². The first-order valence-corrected chi connectivity index (χ1v) is 12.2. The number of aryl methyl sites for hydroxylation is 1. The van der Waals surface area contributed by atoms with Crippen molar-refractivity contribution in [2.75, 3.05) is 23.8 Å². The highest BCUT2D eigenvalue weighted by Crippen LogP contribution is 2.25. The maximum absolute atomic E-state index is 13.0. The number of hydrogen-bond donors (Lipinski definition) is 1. The fraction of sp³-hybridized carbons (Fsp3) is 0.435. The molecule has 0 heterocycles. The van der Waals surface area contributed by atoms with E-state index in [0.717, 1.165) is 16.1 Å². The van der Waals surface area contributed by atoms with Gasteiger partial charge in [0.2, 0.25) is 15.9 Å². The second-order valence-electron chi connectivity index (χ2n) is 7.44. The molecule has 0 unspecified atom stereocenters. The van der Waals surface area contributed by atoms with Gasteiger partial charge >= 0.3 is 0 Å². The Kier molecular flexibility index (Phi) is 8.74. The summed E-state index contributed by atoms with van der Waals surface area (Å²) in [6.45, 7) is 8.25. The van der Waals surface area contributed by atoms with E-state index in [0.29, 0.717) is 30.2 Å². The predicted octanol–water partition coefficient (Wildman–Crippen LogP) is 3.52. The first-order chi connectivity index (χ1) is 14.7. The predicted molar refractivity (Wildman–Crippen MR) is 123 cm³/mol. The van der Waals surface area contributed by atoms with Crippen LogP contribution in [0, 0.1) is 6.92 Å². The van der Waals surface area contributed by atoms with Crippen molar-refractivity contribution >= 4 is 21.6 Å². The number of nitrogens with one attached hydrogen (secondary N) is 1. The molecule has 8 heteroatoms. The van der Waals surface area contributed by atoms with Gasteiger partial charge in [-0.15, -0.1) is 0 Å². The minimum atomic E-state index is -3.69. The third-order valence-corrected chi connectivity index (χ3v) is 5.82. The Morgan fingerprint density at radius 3 is 2.06 bits per heavy atom. The van der Waals surface area contributed by atoms with E-state index in [-0.39, 0.29) is 18.6 Å². The Labute approximate surface area is 185 Å². The van der Waals surface area contributed by atoms with Gasteiger partial charge in [-0.2, -0.15) is 0 Å². The van der Waals surface area contributed by atoms with Crippen LogP contribution >= 0.6 is 0 Å². The van der Waals surface area contributed by atoms with Gasteiger partial charge in [0.25, 0.3) is 0 Å². The largest absolute Gasteiger partial charge is 0.494 e. The number of amides is 1. The Hall–Kier alpha value is -2.74. The highest BCUT2D eigenvalue weighted by atomic mass is 32.2. The van der Waals surface area contributed by atoms with Crippen molar-refractivity contribution < 1.29 is 22.7 Å². The molecule has 2 aromatic rings. The number of hydrogen-bond acceptors (Lipinski definition) is 5. The summed E-state index contributed by atoms with van der Waals surface area (Å²) < 4.78 is 37.4. The highest BCUT2D eigenvalue weighted by Gasteiger charge is 2.32. The van der Waals surface area contributed by atoms with Crippen molar-refractivity contribution in [2.24, 2.45) is 0 Å². The molecule has 0 fully saturated rings. The minimum Gasteiger partial charge on any atom is -0.494 e. The van der Waals surface area contributed by atoms with Crippen LogP contribution < -0.4 is 19.1 Å². The normalized spacial score (nSPS) is 13.2. The van der Waals surface area contributed by atoms with Crippen LogP contribution in [0.2, 0.25) is 0 Å². The van der Waals surface area contributed by atoms with Crippen LogP contribution in [0.3, 0.4) is 0 Å². The number of anilines is 1. The molecule has 0 bridgehead atoms. The lowest BCUT2D eigenvalue weighted by Gasteiger charge is -2.31. The van der Waals surface area contributed by atoms with Crippen LogP contribution in [-0.4, -0.2) is 45.9 Å². The Morgan fingerprint density at radius 1 is 1.00 bits per heavy atom. The number of benzene rings is 2. The summed E-state index contributed by atoms with van der Waals surface area (Å²) in [6.07, 6.45) is 1.42. The molecule has 0 aromatic heterocycles. The van der Waals surface area contributed by atoms with Crippen LogP contribution in [-0.2, 0) is 14.8 Å². The topological polar surface area (TPSA) is 84.9 Å². The number of sulfonamides is 1. The van der Waals surface area contributed by atoms with E-state index in [1.165, 1.54) is 0 Å². The molecule has 0 aliphatic carbocycles. The summed E-state index contributed by atoms with van der Waals surface area (Å²) in [4.78, 5) is 13.0. The van der Waals surface area contributed by atoms with Crippen molar-refractivity contribution in [3.05, 3.63) is 54.1 Å². The fourth-order valence-corrected chi connectivity index (χ4v) is 4.36. The first kappa shape index (κ1) is 24.5. The maximum atomic E-state index is 13.0. The van der Waals surface area contributed by atoms with Crippen molar-refractivity contribution in [1.82, 2.24) is 5.32 Å². The molecule has 2 aromatic carbocycles. The first-order valence-electron chi connectivity index (χ1n) is 10.4. The lowest BCUT2D eigenvalue weighted by Crippen LogP contribution is -2.52. The van der Waals surface area contributed by atoms with Gasteiger partial charge in [0.15, 0.2) is 0 Å². The third-order valence-electron chi connectivity index (χ3n) is 4.64. The summed E-state index contributed by atoms with van der Waals surface area (Å²) in [5.74, 6) is 0.979. The molecule has 1 N–H and O–H groups in total. The molecule has 7 nitrogen and oxygen atoms in total. The lowest BCUT2D eigenvalue weighted by atomic mass is 10.1. The quantitative estimate of drug-likeness (QED) is 0.569. The molecular formula is C23H32N2O5S. The Balaban J connectivity index is 2.11. The van der Waals surface area contributed by atoms with Crippen LogP contribution in [0.25, 0.3) is 0 Å². The molecule has 170 valence electrons. The summed E-state index contributed by atoms with van der Waals surface area (Å²) in [7, 11) is -3.69. The van der Waals surface area contributed by atoms with Crippen LogP contribution in [0.4, 0.5) is 5.69 Å². The average molecular weight is 449 g/mol.